The molecule has 1 aromatic rings. The maximum absolute atomic E-state index is 9.28. The minimum atomic E-state index is 0.127. The third-order valence-corrected chi connectivity index (χ3v) is 5.25. The molecule has 0 amide bonds. The van der Waals surface area contributed by atoms with E-state index in [4.69, 9.17) is 5.73 Å². The summed E-state index contributed by atoms with van der Waals surface area (Å²) >= 11 is 5.26. The van der Waals surface area contributed by atoms with Gasteiger partial charge in [-0.3, -0.25) is 4.90 Å². The van der Waals surface area contributed by atoms with Gasteiger partial charge >= 0.3 is 0 Å². The lowest BCUT2D eigenvalue weighted by atomic mass is 10.0. The van der Waals surface area contributed by atoms with Gasteiger partial charge in [-0.1, -0.05) is 6.92 Å². The smallest absolute Gasteiger partial charge is 0.0596 e. The predicted molar refractivity (Wildman–Crippen MR) is 79.8 cm³/mol. The van der Waals surface area contributed by atoms with Crippen LogP contribution in [0.2, 0.25) is 0 Å². The lowest BCUT2D eigenvalue weighted by Gasteiger charge is -2.34. The van der Waals surface area contributed by atoms with Crippen molar-refractivity contribution in [1.29, 1.82) is 0 Å². The van der Waals surface area contributed by atoms with Crippen LogP contribution in [0.1, 0.15) is 37.1 Å². The number of hydrogen-bond acceptors (Lipinski definition) is 4. The van der Waals surface area contributed by atoms with E-state index >= 15 is 0 Å². The SMILES string of the molecule is CCC(N)C(c1cc(Br)cs1)N(CCO)C1CC1. The van der Waals surface area contributed by atoms with Gasteiger partial charge in [0.25, 0.3) is 0 Å². The van der Waals surface area contributed by atoms with Gasteiger partial charge in [-0.25, -0.2) is 0 Å². The summed E-state index contributed by atoms with van der Waals surface area (Å²) in [5.74, 6) is 0. The first-order valence-corrected chi connectivity index (χ1v) is 8.20. The highest BCUT2D eigenvalue weighted by molar-refractivity contribution is 9.10. The molecule has 2 unspecified atom stereocenters. The van der Waals surface area contributed by atoms with Gasteiger partial charge < -0.3 is 10.8 Å². The Morgan fingerprint density at radius 3 is 2.78 bits per heavy atom. The topological polar surface area (TPSA) is 49.5 Å². The maximum Gasteiger partial charge on any atom is 0.0596 e. The van der Waals surface area contributed by atoms with Gasteiger partial charge in [0.2, 0.25) is 0 Å². The molecule has 1 heterocycles. The number of nitrogens with two attached hydrogens (primary N) is 1. The molecule has 5 heteroatoms. The third kappa shape index (κ3) is 3.33. The van der Waals surface area contributed by atoms with E-state index in [0.29, 0.717) is 6.04 Å². The van der Waals surface area contributed by atoms with E-state index in [9.17, 15) is 5.11 Å². The molecule has 0 aromatic carbocycles. The van der Waals surface area contributed by atoms with Crippen molar-refractivity contribution < 1.29 is 5.11 Å². The van der Waals surface area contributed by atoms with Gasteiger partial charge in [0.05, 0.1) is 12.6 Å². The van der Waals surface area contributed by atoms with Crippen molar-refractivity contribution in [2.75, 3.05) is 13.2 Å². The first kappa shape index (κ1) is 14.5. The Hall–Kier alpha value is 0.0600. The second-order valence-electron chi connectivity index (χ2n) is 4.88. The van der Waals surface area contributed by atoms with Crippen LogP contribution >= 0.6 is 27.3 Å². The Kier molecular flexibility index (Phi) is 5.21. The van der Waals surface area contributed by atoms with E-state index in [1.54, 1.807) is 11.3 Å². The summed E-state index contributed by atoms with van der Waals surface area (Å²) in [5.41, 5.74) is 6.32. The molecule has 1 aromatic heterocycles. The summed E-state index contributed by atoms with van der Waals surface area (Å²) in [7, 11) is 0. The van der Waals surface area contributed by atoms with Crippen molar-refractivity contribution in [2.45, 2.75) is 44.3 Å². The molecule has 0 aliphatic heterocycles. The highest BCUT2D eigenvalue weighted by Crippen LogP contribution is 2.38. The van der Waals surface area contributed by atoms with E-state index in [2.05, 4.69) is 39.2 Å². The summed E-state index contributed by atoms with van der Waals surface area (Å²) in [4.78, 5) is 3.70. The van der Waals surface area contributed by atoms with Crippen molar-refractivity contribution in [3.8, 4) is 0 Å². The molecule has 2 rings (SSSR count). The molecular weight excluding hydrogens is 312 g/mol. The van der Waals surface area contributed by atoms with E-state index in [1.165, 1.54) is 17.7 Å². The number of halogens is 1. The monoisotopic (exact) mass is 332 g/mol. The summed E-state index contributed by atoms with van der Waals surface area (Å²) < 4.78 is 1.12. The Morgan fingerprint density at radius 2 is 2.33 bits per heavy atom. The van der Waals surface area contributed by atoms with Gasteiger partial charge in [0, 0.05) is 33.4 Å². The second kappa shape index (κ2) is 6.48. The fraction of sp³-hybridized carbons (Fsp3) is 0.692. The first-order chi connectivity index (χ1) is 8.67. The summed E-state index contributed by atoms with van der Waals surface area (Å²) in [6.07, 6.45) is 3.42. The number of hydrogen-bond donors (Lipinski definition) is 2. The quantitative estimate of drug-likeness (QED) is 0.807. The average Bonchev–Trinajstić information content (AvgIpc) is 3.12. The van der Waals surface area contributed by atoms with Gasteiger partial charge in [0.15, 0.2) is 0 Å². The van der Waals surface area contributed by atoms with Crippen LogP contribution < -0.4 is 5.73 Å². The van der Waals surface area contributed by atoms with Crippen LogP contribution in [0, 0.1) is 0 Å². The number of aliphatic hydroxyl groups excluding tert-OH is 1. The van der Waals surface area contributed by atoms with Crippen molar-refractivity contribution in [3.05, 3.63) is 20.8 Å². The van der Waals surface area contributed by atoms with E-state index in [-0.39, 0.29) is 18.7 Å². The normalized spacial score (nSPS) is 19.2. The fourth-order valence-electron chi connectivity index (χ4n) is 2.40. The van der Waals surface area contributed by atoms with Gasteiger partial charge in [-0.15, -0.1) is 11.3 Å². The lowest BCUT2D eigenvalue weighted by Crippen LogP contribution is -2.43. The summed E-state index contributed by atoms with van der Waals surface area (Å²) in [6.45, 7) is 3.05. The Morgan fingerprint density at radius 1 is 1.61 bits per heavy atom. The van der Waals surface area contributed by atoms with Crippen LogP contribution in [-0.4, -0.2) is 35.2 Å². The van der Waals surface area contributed by atoms with Gasteiger partial charge in [0.1, 0.15) is 0 Å². The minimum Gasteiger partial charge on any atom is -0.395 e. The Balaban J connectivity index is 2.22. The largest absolute Gasteiger partial charge is 0.395 e. The van der Waals surface area contributed by atoms with Crippen LogP contribution in [0.4, 0.5) is 0 Å². The molecule has 18 heavy (non-hydrogen) atoms. The highest BCUT2D eigenvalue weighted by Gasteiger charge is 2.37. The summed E-state index contributed by atoms with van der Waals surface area (Å²) in [5, 5.41) is 11.4. The maximum atomic E-state index is 9.28. The number of aliphatic hydroxyl groups is 1. The number of rotatable bonds is 7. The molecule has 3 N–H and O–H groups in total. The zero-order chi connectivity index (χ0) is 13.1. The number of thiophene rings is 1. The molecule has 0 saturated heterocycles. The zero-order valence-corrected chi connectivity index (χ0v) is 13.1. The van der Waals surface area contributed by atoms with E-state index < -0.39 is 0 Å². The standard InChI is InChI=1S/C13H21BrN2OS/c1-2-11(15)13(12-7-9(14)8-18-12)16(5-6-17)10-3-4-10/h7-8,10-11,13,17H,2-6,15H2,1H3. The fourth-order valence-corrected chi connectivity index (χ4v) is 4.04. The van der Waals surface area contributed by atoms with Crippen LogP contribution in [0.5, 0.6) is 0 Å². The van der Waals surface area contributed by atoms with Gasteiger partial charge in [-0.2, -0.15) is 0 Å². The Labute approximate surface area is 121 Å². The first-order valence-electron chi connectivity index (χ1n) is 6.53. The minimum absolute atomic E-state index is 0.127. The van der Waals surface area contributed by atoms with Crippen LogP contribution in [-0.2, 0) is 0 Å². The van der Waals surface area contributed by atoms with E-state index in [1.807, 2.05) is 0 Å². The molecule has 0 spiro atoms. The molecule has 1 saturated carbocycles. The molecule has 3 nitrogen and oxygen atoms in total. The molecule has 0 bridgehead atoms. The van der Waals surface area contributed by atoms with Crippen LogP contribution in [0.25, 0.3) is 0 Å². The van der Waals surface area contributed by atoms with E-state index in [0.717, 1.165) is 17.4 Å². The van der Waals surface area contributed by atoms with Crippen molar-refractivity contribution in [3.63, 3.8) is 0 Å². The molecule has 2 atom stereocenters. The van der Waals surface area contributed by atoms with Crippen LogP contribution in [0.3, 0.4) is 0 Å². The molecule has 1 aliphatic rings. The number of nitrogens with zero attached hydrogens (tertiary/aromatic N) is 1. The highest BCUT2D eigenvalue weighted by atomic mass is 79.9. The lowest BCUT2D eigenvalue weighted by molar-refractivity contribution is 0.126. The molecule has 102 valence electrons. The molecular formula is C13H21BrN2OS. The second-order valence-corrected chi connectivity index (χ2v) is 6.74. The average molecular weight is 333 g/mol. The summed E-state index contributed by atoms with van der Waals surface area (Å²) in [6, 6.07) is 3.15. The third-order valence-electron chi connectivity index (χ3n) is 3.49. The van der Waals surface area contributed by atoms with Crippen molar-refractivity contribution in [2.24, 2.45) is 5.73 Å². The molecule has 0 radical (unpaired) electrons. The Bertz CT molecular complexity index is 381. The zero-order valence-electron chi connectivity index (χ0n) is 10.7. The van der Waals surface area contributed by atoms with Crippen molar-refractivity contribution in [1.82, 2.24) is 4.90 Å². The molecule has 1 aliphatic carbocycles. The molecule has 1 fully saturated rings. The van der Waals surface area contributed by atoms with Crippen LogP contribution in [0.15, 0.2) is 15.9 Å². The van der Waals surface area contributed by atoms with Gasteiger partial charge in [-0.05, 0) is 41.3 Å². The predicted octanol–water partition coefficient (Wildman–Crippen LogP) is 2.75. The van der Waals surface area contributed by atoms with Crippen molar-refractivity contribution >= 4 is 27.3 Å².